The Kier molecular flexibility index (Phi) is 5.12. The Balaban J connectivity index is 1.51. The van der Waals surface area contributed by atoms with E-state index >= 15 is 0 Å². The van der Waals surface area contributed by atoms with Crippen molar-refractivity contribution in [3.05, 3.63) is 60.4 Å². The quantitative estimate of drug-likeness (QED) is 0.649. The van der Waals surface area contributed by atoms with Gasteiger partial charge in [-0.3, -0.25) is 19.7 Å². The second-order valence-corrected chi connectivity index (χ2v) is 6.92. The maximum atomic E-state index is 11.7. The molecule has 5 heteroatoms. The average Bonchev–Trinajstić information content (AvgIpc) is 3.16. The zero-order chi connectivity index (χ0) is 18.6. The van der Waals surface area contributed by atoms with E-state index in [0.29, 0.717) is 19.1 Å². The van der Waals surface area contributed by atoms with E-state index in [1.165, 1.54) is 5.56 Å². The summed E-state index contributed by atoms with van der Waals surface area (Å²) in [4.78, 5) is 23.0. The van der Waals surface area contributed by atoms with E-state index in [-0.39, 0.29) is 5.97 Å². The van der Waals surface area contributed by atoms with E-state index in [1.807, 2.05) is 37.5 Å². The van der Waals surface area contributed by atoms with Crippen molar-refractivity contribution in [2.24, 2.45) is 0 Å². The van der Waals surface area contributed by atoms with Crippen LogP contribution in [0.1, 0.15) is 24.8 Å². The van der Waals surface area contributed by atoms with Crippen molar-refractivity contribution < 1.29 is 9.53 Å². The van der Waals surface area contributed by atoms with Crippen molar-refractivity contribution in [1.82, 2.24) is 14.9 Å². The number of para-hydroxylation sites is 1. The molecule has 27 heavy (non-hydrogen) atoms. The van der Waals surface area contributed by atoms with E-state index in [4.69, 9.17) is 4.74 Å². The van der Waals surface area contributed by atoms with Crippen molar-refractivity contribution in [2.75, 3.05) is 26.2 Å². The maximum absolute atomic E-state index is 11.7. The molecule has 0 spiro atoms. The maximum Gasteiger partial charge on any atom is 0.320 e. The van der Waals surface area contributed by atoms with Crippen LogP contribution < -0.4 is 0 Å². The smallest absolute Gasteiger partial charge is 0.320 e. The van der Waals surface area contributed by atoms with Gasteiger partial charge in [0.1, 0.15) is 0 Å². The van der Waals surface area contributed by atoms with Gasteiger partial charge in [-0.25, -0.2) is 0 Å². The first kappa shape index (κ1) is 17.6. The van der Waals surface area contributed by atoms with Crippen LogP contribution in [-0.2, 0) is 9.53 Å². The Bertz CT molecular complexity index is 957. The number of aromatic nitrogens is 2. The second kappa shape index (κ2) is 7.84. The van der Waals surface area contributed by atoms with Gasteiger partial charge in [0.15, 0.2) is 0 Å². The number of hydrogen-bond acceptors (Lipinski definition) is 5. The Morgan fingerprint density at radius 2 is 2.11 bits per heavy atom. The third-order valence-electron chi connectivity index (χ3n) is 5.07. The molecule has 4 rings (SSSR count). The lowest BCUT2D eigenvalue weighted by molar-refractivity contribution is -0.144. The fourth-order valence-corrected chi connectivity index (χ4v) is 3.71. The van der Waals surface area contributed by atoms with E-state index in [2.05, 4.69) is 39.1 Å². The SMILES string of the molecule is CCOC(=O)CN1CC[C@@H](c2ccnc(-c3cnc4ccccc4c3)c2)C1. The molecule has 1 aliphatic rings. The Morgan fingerprint density at radius 3 is 3.00 bits per heavy atom. The van der Waals surface area contributed by atoms with Crippen LogP contribution in [0.25, 0.3) is 22.2 Å². The van der Waals surface area contributed by atoms with Crippen LogP contribution in [0.2, 0.25) is 0 Å². The first-order valence-electron chi connectivity index (χ1n) is 9.42. The van der Waals surface area contributed by atoms with Gasteiger partial charge in [0.25, 0.3) is 0 Å². The van der Waals surface area contributed by atoms with Gasteiger partial charge in [-0.15, -0.1) is 0 Å². The molecule has 0 aliphatic carbocycles. The standard InChI is InChI=1S/C22H23N3O2/c1-2-27-22(26)15-25-10-8-18(14-25)16-7-9-23-21(12-16)19-11-17-5-3-4-6-20(17)24-13-19/h3-7,9,11-13,18H,2,8,10,14-15H2,1H3/t18-/m1/s1. The largest absolute Gasteiger partial charge is 0.465 e. The Morgan fingerprint density at radius 1 is 1.22 bits per heavy atom. The fraction of sp³-hybridized carbons (Fsp3) is 0.318. The molecule has 1 saturated heterocycles. The molecule has 0 bridgehead atoms. The van der Waals surface area contributed by atoms with Crippen LogP contribution >= 0.6 is 0 Å². The van der Waals surface area contributed by atoms with Crippen molar-refractivity contribution >= 4 is 16.9 Å². The summed E-state index contributed by atoms with van der Waals surface area (Å²) in [5.41, 5.74) is 4.22. The third kappa shape index (κ3) is 3.98. The highest BCUT2D eigenvalue weighted by Gasteiger charge is 2.26. The Labute approximate surface area is 159 Å². The summed E-state index contributed by atoms with van der Waals surface area (Å²) in [5, 5.41) is 1.11. The lowest BCUT2D eigenvalue weighted by Crippen LogP contribution is -2.28. The minimum absolute atomic E-state index is 0.143. The van der Waals surface area contributed by atoms with Gasteiger partial charge in [-0.05, 0) is 55.6 Å². The zero-order valence-electron chi connectivity index (χ0n) is 15.5. The van der Waals surface area contributed by atoms with Crippen LogP contribution in [0.3, 0.4) is 0 Å². The first-order chi connectivity index (χ1) is 13.2. The van der Waals surface area contributed by atoms with Gasteiger partial charge in [0.05, 0.1) is 24.4 Å². The number of carbonyl (C=O) groups excluding carboxylic acids is 1. The molecule has 0 radical (unpaired) electrons. The number of esters is 1. The van der Waals surface area contributed by atoms with Gasteiger partial charge < -0.3 is 4.74 Å². The zero-order valence-corrected chi connectivity index (χ0v) is 15.5. The number of benzene rings is 1. The number of ether oxygens (including phenoxy) is 1. The van der Waals surface area contributed by atoms with Crippen molar-refractivity contribution in [3.63, 3.8) is 0 Å². The normalized spacial score (nSPS) is 17.3. The highest BCUT2D eigenvalue weighted by atomic mass is 16.5. The van der Waals surface area contributed by atoms with E-state index in [9.17, 15) is 4.79 Å². The summed E-state index contributed by atoms with van der Waals surface area (Å²) in [6.45, 7) is 4.43. The topological polar surface area (TPSA) is 55.3 Å². The lowest BCUT2D eigenvalue weighted by Gasteiger charge is -2.15. The summed E-state index contributed by atoms with van der Waals surface area (Å²) in [7, 11) is 0. The molecule has 1 atom stereocenters. The highest BCUT2D eigenvalue weighted by Crippen LogP contribution is 2.29. The molecule has 2 aromatic heterocycles. The monoisotopic (exact) mass is 361 g/mol. The summed E-state index contributed by atoms with van der Waals surface area (Å²) in [5.74, 6) is 0.269. The molecule has 1 fully saturated rings. The summed E-state index contributed by atoms with van der Waals surface area (Å²) >= 11 is 0. The number of nitrogens with zero attached hydrogens (tertiary/aromatic N) is 3. The molecule has 1 aliphatic heterocycles. The highest BCUT2D eigenvalue weighted by molar-refractivity contribution is 5.82. The molecule has 1 aromatic carbocycles. The lowest BCUT2D eigenvalue weighted by atomic mass is 9.97. The van der Waals surface area contributed by atoms with Gasteiger partial charge in [0, 0.05) is 29.9 Å². The average molecular weight is 361 g/mol. The van der Waals surface area contributed by atoms with Gasteiger partial charge in [-0.1, -0.05) is 18.2 Å². The van der Waals surface area contributed by atoms with Crippen molar-refractivity contribution in [3.8, 4) is 11.3 Å². The van der Waals surface area contributed by atoms with Gasteiger partial charge in [-0.2, -0.15) is 0 Å². The predicted molar refractivity (Wildman–Crippen MR) is 105 cm³/mol. The fourth-order valence-electron chi connectivity index (χ4n) is 3.71. The number of hydrogen-bond donors (Lipinski definition) is 0. The molecule has 0 saturated carbocycles. The minimum Gasteiger partial charge on any atom is -0.465 e. The molecular formula is C22H23N3O2. The van der Waals surface area contributed by atoms with Crippen LogP contribution in [0.4, 0.5) is 0 Å². The molecular weight excluding hydrogens is 338 g/mol. The number of likely N-dealkylation sites (tertiary alicyclic amines) is 1. The molecule has 0 N–H and O–H groups in total. The van der Waals surface area contributed by atoms with Crippen LogP contribution in [0, 0.1) is 0 Å². The van der Waals surface area contributed by atoms with E-state index < -0.39 is 0 Å². The summed E-state index contributed by atoms with van der Waals surface area (Å²) in [6.07, 6.45) is 4.79. The molecule has 138 valence electrons. The molecule has 3 heterocycles. The molecule has 3 aromatic rings. The second-order valence-electron chi connectivity index (χ2n) is 6.92. The number of rotatable bonds is 5. The van der Waals surface area contributed by atoms with E-state index in [1.54, 1.807) is 0 Å². The van der Waals surface area contributed by atoms with Crippen LogP contribution in [0.5, 0.6) is 0 Å². The molecule has 5 nitrogen and oxygen atoms in total. The third-order valence-corrected chi connectivity index (χ3v) is 5.07. The number of fused-ring (bicyclic) bond motifs is 1. The summed E-state index contributed by atoms with van der Waals surface area (Å²) < 4.78 is 5.06. The number of carbonyl (C=O) groups is 1. The van der Waals surface area contributed by atoms with Gasteiger partial charge >= 0.3 is 5.97 Å². The first-order valence-corrected chi connectivity index (χ1v) is 9.42. The van der Waals surface area contributed by atoms with Crippen LogP contribution in [0.15, 0.2) is 54.9 Å². The van der Waals surface area contributed by atoms with Crippen LogP contribution in [-0.4, -0.2) is 47.1 Å². The van der Waals surface area contributed by atoms with Crippen molar-refractivity contribution in [1.29, 1.82) is 0 Å². The molecule has 0 unspecified atom stereocenters. The predicted octanol–water partition coefficient (Wildman–Crippen LogP) is 3.65. The summed E-state index contributed by atoms with van der Waals surface area (Å²) in [6, 6.07) is 14.5. The van der Waals surface area contributed by atoms with E-state index in [0.717, 1.165) is 41.7 Å². The Hall–Kier alpha value is -2.79. The van der Waals surface area contributed by atoms with Crippen molar-refractivity contribution in [2.45, 2.75) is 19.3 Å². The number of pyridine rings is 2. The minimum atomic E-state index is -0.143. The molecule has 0 amide bonds. The van der Waals surface area contributed by atoms with Gasteiger partial charge in [0.2, 0.25) is 0 Å².